The Bertz CT molecular complexity index is 853. The molecule has 1 aromatic carbocycles. The van der Waals surface area contributed by atoms with Gasteiger partial charge in [0.2, 0.25) is 5.95 Å². The van der Waals surface area contributed by atoms with E-state index in [-0.39, 0.29) is 11.9 Å². The zero-order valence-corrected chi connectivity index (χ0v) is 13.4. The minimum Gasteiger partial charge on any atom is -0.288 e. The molecular weight excluding hydrogens is 316 g/mol. The first kappa shape index (κ1) is 15.2. The number of rotatable bonds is 4. The van der Waals surface area contributed by atoms with Crippen LogP contribution in [-0.4, -0.2) is 30.5 Å². The van der Waals surface area contributed by atoms with Crippen LogP contribution in [0, 0.1) is 6.92 Å². The number of hydrogen-bond acceptors (Lipinski definition) is 4. The standard InChI is InChI=1S/C15H15ClN6O/c1-10-6-13(21(2)19-10)14(23)18-15-17-9-22(20-15)8-11-4-3-5-12(16)7-11/h3-7,9H,8H2,1-2H3,(H,18,20,23). The fourth-order valence-electron chi connectivity index (χ4n) is 2.24. The molecular formula is C15H15ClN6O. The highest BCUT2D eigenvalue weighted by atomic mass is 35.5. The first-order valence-electron chi connectivity index (χ1n) is 6.97. The molecule has 0 aliphatic rings. The van der Waals surface area contributed by atoms with E-state index in [1.807, 2.05) is 31.2 Å². The van der Waals surface area contributed by atoms with Gasteiger partial charge in [-0.1, -0.05) is 23.7 Å². The molecule has 0 fully saturated rings. The van der Waals surface area contributed by atoms with Crippen LogP contribution in [0.25, 0.3) is 0 Å². The Hall–Kier alpha value is -2.67. The van der Waals surface area contributed by atoms with Crippen molar-refractivity contribution in [2.45, 2.75) is 13.5 Å². The van der Waals surface area contributed by atoms with Gasteiger partial charge in [-0.3, -0.25) is 14.8 Å². The van der Waals surface area contributed by atoms with E-state index in [2.05, 4.69) is 20.5 Å². The largest absolute Gasteiger partial charge is 0.288 e. The second-order valence-corrected chi connectivity index (χ2v) is 5.58. The number of amides is 1. The van der Waals surface area contributed by atoms with Crippen molar-refractivity contribution in [3.8, 4) is 0 Å². The highest BCUT2D eigenvalue weighted by molar-refractivity contribution is 6.30. The highest BCUT2D eigenvalue weighted by Gasteiger charge is 2.14. The second kappa shape index (κ2) is 6.21. The van der Waals surface area contributed by atoms with E-state index in [1.165, 1.54) is 4.68 Å². The maximum absolute atomic E-state index is 12.2. The molecule has 7 nitrogen and oxygen atoms in total. The third-order valence-corrected chi connectivity index (χ3v) is 3.47. The minimum atomic E-state index is -0.298. The molecule has 0 aliphatic carbocycles. The van der Waals surface area contributed by atoms with Gasteiger partial charge in [0.25, 0.3) is 5.91 Å². The van der Waals surface area contributed by atoms with Gasteiger partial charge in [0.05, 0.1) is 12.2 Å². The number of aryl methyl sites for hydroxylation is 2. The summed E-state index contributed by atoms with van der Waals surface area (Å²) in [4.78, 5) is 16.3. The number of nitrogens with one attached hydrogen (secondary N) is 1. The van der Waals surface area contributed by atoms with E-state index in [0.717, 1.165) is 11.3 Å². The zero-order chi connectivity index (χ0) is 16.4. The number of benzene rings is 1. The Morgan fingerprint density at radius 1 is 1.30 bits per heavy atom. The van der Waals surface area contributed by atoms with Crippen molar-refractivity contribution in [2.24, 2.45) is 7.05 Å². The summed E-state index contributed by atoms with van der Waals surface area (Å²) in [7, 11) is 1.72. The van der Waals surface area contributed by atoms with Crippen LogP contribution < -0.4 is 5.32 Å². The van der Waals surface area contributed by atoms with Crippen LogP contribution in [0.2, 0.25) is 5.02 Å². The van der Waals surface area contributed by atoms with Crippen molar-refractivity contribution in [1.29, 1.82) is 0 Å². The molecule has 8 heteroatoms. The Labute approximate surface area is 137 Å². The molecule has 0 unspecified atom stereocenters. The van der Waals surface area contributed by atoms with Gasteiger partial charge in [-0.05, 0) is 30.7 Å². The summed E-state index contributed by atoms with van der Waals surface area (Å²) >= 11 is 5.96. The number of halogens is 1. The van der Waals surface area contributed by atoms with Crippen LogP contribution in [0.1, 0.15) is 21.7 Å². The third-order valence-electron chi connectivity index (χ3n) is 3.23. The molecule has 0 spiro atoms. The van der Waals surface area contributed by atoms with E-state index in [0.29, 0.717) is 17.3 Å². The molecule has 0 aliphatic heterocycles. The molecule has 0 radical (unpaired) electrons. The molecule has 0 bridgehead atoms. The number of carbonyl (C=O) groups excluding carboxylic acids is 1. The van der Waals surface area contributed by atoms with Crippen LogP contribution in [-0.2, 0) is 13.6 Å². The van der Waals surface area contributed by atoms with Gasteiger partial charge in [-0.15, -0.1) is 5.10 Å². The minimum absolute atomic E-state index is 0.246. The Balaban J connectivity index is 1.70. The molecule has 23 heavy (non-hydrogen) atoms. The van der Waals surface area contributed by atoms with Crippen molar-refractivity contribution in [3.63, 3.8) is 0 Å². The van der Waals surface area contributed by atoms with Crippen molar-refractivity contribution < 1.29 is 4.79 Å². The monoisotopic (exact) mass is 330 g/mol. The molecule has 3 aromatic rings. The SMILES string of the molecule is Cc1cc(C(=O)Nc2ncn(Cc3cccc(Cl)c3)n2)n(C)n1. The quantitative estimate of drug-likeness (QED) is 0.796. The average molecular weight is 331 g/mol. The summed E-state index contributed by atoms with van der Waals surface area (Å²) in [6.07, 6.45) is 1.56. The molecule has 0 saturated carbocycles. The van der Waals surface area contributed by atoms with E-state index in [9.17, 15) is 4.79 Å². The summed E-state index contributed by atoms with van der Waals surface area (Å²) in [5, 5.41) is 11.7. The van der Waals surface area contributed by atoms with Gasteiger partial charge in [0.1, 0.15) is 12.0 Å². The normalized spacial score (nSPS) is 10.7. The van der Waals surface area contributed by atoms with Crippen LogP contribution in [0.5, 0.6) is 0 Å². The van der Waals surface area contributed by atoms with Gasteiger partial charge >= 0.3 is 0 Å². The number of carbonyl (C=O) groups is 1. The first-order valence-corrected chi connectivity index (χ1v) is 7.35. The number of hydrogen-bond donors (Lipinski definition) is 1. The van der Waals surface area contributed by atoms with Crippen LogP contribution in [0.3, 0.4) is 0 Å². The summed E-state index contributed by atoms with van der Waals surface area (Å²) in [6, 6.07) is 9.21. The fourth-order valence-corrected chi connectivity index (χ4v) is 2.45. The van der Waals surface area contributed by atoms with Crippen LogP contribution in [0.15, 0.2) is 36.7 Å². The summed E-state index contributed by atoms with van der Waals surface area (Å²) in [6.45, 7) is 2.35. The van der Waals surface area contributed by atoms with Crippen molar-refractivity contribution in [3.05, 3.63) is 58.6 Å². The van der Waals surface area contributed by atoms with Crippen LogP contribution in [0.4, 0.5) is 5.95 Å². The first-order chi connectivity index (χ1) is 11.0. The van der Waals surface area contributed by atoms with Gasteiger partial charge < -0.3 is 0 Å². The molecule has 2 aromatic heterocycles. The summed E-state index contributed by atoms with van der Waals surface area (Å²) in [5.41, 5.74) is 2.23. The lowest BCUT2D eigenvalue weighted by molar-refractivity contribution is 0.101. The fraction of sp³-hybridized carbons (Fsp3) is 0.200. The van der Waals surface area contributed by atoms with Crippen molar-refractivity contribution in [1.82, 2.24) is 24.5 Å². The van der Waals surface area contributed by atoms with E-state index in [1.54, 1.807) is 24.1 Å². The van der Waals surface area contributed by atoms with E-state index in [4.69, 9.17) is 11.6 Å². The van der Waals surface area contributed by atoms with E-state index >= 15 is 0 Å². The van der Waals surface area contributed by atoms with Crippen molar-refractivity contribution in [2.75, 3.05) is 5.32 Å². The second-order valence-electron chi connectivity index (χ2n) is 5.14. The lowest BCUT2D eigenvalue weighted by atomic mass is 10.2. The van der Waals surface area contributed by atoms with E-state index < -0.39 is 0 Å². The maximum Gasteiger partial charge on any atom is 0.276 e. The zero-order valence-electron chi connectivity index (χ0n) is 12.7. The maximum atomic E-state index is 12.2. The van der Waals surface area contributed by atoms with Crippen molar-refractivity contribution >= 4 is 23.5 Å². The lowest BCUT2D eigenvalue weighted by Crippen LogP contribution is -2.17. The molecule has 3 rings (SSSR count). The van der Waals surface area contributed by atoms with Gasteiger partial charge in [0, 0.05) is 12.1 Å². The third kappa shape index (κ3) is 3.57. The number of nitrogens with zero attached hydrogens (tertiary/aromatic N) is 5. The molecule has 1 amide bonds. The smallest absolute Gasteiger partial charge is 0.276 e. The van der Waals surface area contributed by atoms with Gasteiger partial charge in [-0.2, -0.15) is 5.10 Å². The predicted octanol–water partition coefficient (Wildman–Crippen LogP) is 2.27. The number of anilines is 1. The molecule has 1 N–H and O–H groups in total. The topological polar surface area (TPSA) is 77.6 Å². The van der Waals surface area contributed by atoms with Gasteiger partial charge in [0.15, 0.2) is 0 Å². The molecule has 2 heterocycles. The Kier molecular flexibility index (Phi) is 4.12. The van der Waals surface area contributed by atoms with Crippen LogP contribution >= 0.6 is 11.6 Å². The number of aromatic nitrogens is 5. The molecule has 0 saturated heterocycles. The lowest BCUT2D eigenvalue weighted by Gasteiger charge is -2.02. The Morgan fingerprint density at radius 2 is 2.13 bits per heavy atom. The molecule has 0 atom stereocenters. The summed E-state index contributed by atoms with van der Waals surface area (Å²) in [5.74, 6) is -0.0514. The highest BCUT2D eigenvalue weighted by Crippen LogP contribution is 2.12. The predicted molar refractivity (Wildman–Crippen MR) is 86.5 cm³/mol. The average Bonchev–Trinajstić information content (AvgIpc) is 3.05. The Morgan fingerprint density at radius 3 is 2.83 bits per heavy atom. The van der Waals surface area contributed by atoms with Gasteiger partial charge in [-0.25, -0.2) is 9.67 Å². The summed E-state index contributed by atoms with van der Waals surface area (Å²) < 4.78 is 3.16. The molecule has 118 valence electrons.